The van der Waals surface area contributed by atoms with Gasteiger partial charge < -0.3 is 9.64 Å². The molecular weight excluding hydrogens is 348 g/mol. The number of nitrogens with zero attached hydrogens (tertiary/aromatic N) is 2. The van der Waals surface area contributed by atoms with Gasteiger partial charge in [0.25, 0.3) is 5.91 Å². The van der Waals surface area contributed by atoms with Crippen LogP contribution in [0.15, 0.2) is 73.1 Å². The second kappa shape index (κ2) is 8.70. The smallest absolute Gasteiger partial charge is 0.254 e. The molecule has 0 fully saturated rings. The summed E-state index contributed by atoms with van der Waals surface area (Å²) < 4.78 is 5.57. The monoisotopic (exact) mass is 372 g/mol. The van der Waals surface area contributed by atoms with E-state index in [4.69, 9.17) is 4.74 Å². The number of pyridine rings is 1. The molecule has 0 bridgehead atoms. The Bertz CT molecular complexity index is 926. The lowest BCUT2D eigenvalue weighted by Gasteiger charge is -2.23. The summed E-state index contributed by atoms with van der Waals surface area (Å²) in [5.74, 6) is 0.964. The highest BCUT2D eigenvalue weighted by atomic mass is 16.5. The van der Waals surface area contributed by atoms with Crippen LogP contribution in [0.1, 0.15) is 33.5 Å². The molecule has 4 heteroatoms. The predicted molar refractivity (Wildman–Crippen MR) is 109 cm³/mol. The van der Waals surface area contributed by atoms with Crippen LogP contribution in [0.3, 0.4) is 0 Å². The second-order valence-corrected chi connectivity index (χ2v) is 7.10. The van der Waals surface area contributed by atoms with Crippen molar-refractivity contribution < 1.29 is 9.53 Å². The second-order valence-electron chi connectivity index (χ2n) is 7.10. The Morgan fingerprint density at radius 1 is 1.04 bits per heavy atom. The summed E-state index contributed by atoms with van der Waals surface area (Å²) in [5, 5.41) is 0. The maximum Gasteiger partial charge on any atom is 0.254 e. The lowest BCUT2D eigenvalue weighted by molar-refractivity contribution is 0.0741. The van der Waals surface area contributed by atoms with Crippen molar-refractivity contribution in [1.29, 1.82) is 0 Å². The van der Waals surface area contributed by atoms with Gasteiger partial charge >= 0.3 is 0 Å². The van der Waals surface area contributed by atoms with Crippen LogP contribution < -0.4 is 4.74 Å². The minimum Gasteiger partial charge on any atom is -0.493 e. The average Bonchev–Trinajstić information content (AvgIpc) is 3.22. The van der Waals surface area contributed by atoms with Crippen LogP contribution in [0.2, 0.25) is 0 Å². The molecule has 0 aliphatic carbocycles. The molecular formula is C24H24N2O2. The van der Waals surface area contributed by atoms with Gasteiger partial charge in [-0.3, -0.25) is 9.78 Å². The van der Waals surface area contributed by atoms with Crippen LogP contribution in [-0.2, 0) is 19.4 Å². The number of ether oxygens (including phenoxy) is 1. The molecule has 1 aliphatic heterocycles. The van der Waals surface area contributed by atoms with Crippen molar-refractivity contribution in [2.24, 2.45) is 0 Å². The average molecular weight is 372 g/mol. The third kappa shape index (κ3) is 4.39. The number of aromatic nitrogens is 1. The summed E-state index contributed by atoms with van der Waals surface area (Å²) in [4.78, 5) is 19.4. The molecule has 0 saturated heterocycles. The molecule has 0 saturated carbocycles. The van der Waals surface area contributed by atoms with Crippen molar-refractivity contribution in [3.8, 4) is 5.75 Å². The Morgan fingerprint density at radius 2 is 1.89 bits per heavy atom. The Morgan fingerprint density at radius 3 is 2.71 bits per heavy atom. The van der Waals surface area contributed by atoms with Crippen molar-refractivity contribution >= 4 is 5.91 Å². The lowest BCUT2D eigenvalue weighted by atomic mass is 10.1. The summed E-state index contributed by atoms with van der Waals surface area (Å²) >= 11 is 0. The highest BCUT2D eigenvalue weighted by Crippen LogP contribution is 2.26. The molecule has 0 spiro atoms. The van der Waals surface area contributed by atoms with E-state index in [1.165, 1.54) is 5.56 Å². The maximum absolute atomic E-state index is 13.3. The number of carbonyl (C=O) groups excluding carboxylic acids is 1. The van der Waals surface area contributed by atoms with E-state index < -0.39 is 0 Å². The normalized spacial score (nSPS) is 12.3. The largest absolute Gasteiger partial charge is 0.493 e. The van der Waals surface area contributed by atoms with E-state index >= 15 is 0 Å². The molecule has 0 atom stereocenters. The van der Waals surface area contributed by atoms with Crippen molar-refractivity contribution in [2.75, 3.05) is 13.2 Å². The molecule has 0 unspecified atom stereocenters. The standard InChI is InChI=1S/C24H24N2O2/c27-24(22-10-11-23-21(16-22)12-15-28-23)26(18-20-8-4-13-25-17-20)14-5-9-19-6-2-1-3-7-19/h1-4,6-8,10-11,13,16-17H,5,9,12,14-15,18H2. The van der Waals surface area contributed by atoms with Crippen LogP contribution >= 0.6 is 0 Å². The van der Waals surface area contributed by atoms with Crippen molar-refractivity contribution in [3.63, 3.8) is 0 Å². The maximum atomic E-state index is 13.3. The molecule has 1 aromatic heterocycles. The van der Waals surface area contributed by atoms with Gasteiger partial charge in [0, 0.05) is 37.5 Å². The van der Waals surface area contributed by atoms with Gasteiger partial charge in [-0.2, -0.15) is 0 Å². The highest BCUT2D eigenvalue weighted by Gasteiger charge is 2.19. The molecule has 2 aromatic carbocycles. The Hall–Kier alpha value is -3.14. The minimum absolute atomic E-state index is 0.0617. The number of aryl methyl sites for hydroxylation is 1. The van der Waals surface area contributed by atoms with Gasteiger partial charge in [0.05, 0.1) is 6.61 Å². The number of carbonyl (C=O) groups is 1. The van der Waals surface area contributed by atoms with Crippen LogP contribution in [0.25, 0.3) is 0 Å². The van der Waals surface area contributed by atoms with Crippen molar-refractivity contribution in [2.45, 2.75) is 25.8 Å². The third-order valence-electron chi connectivity index (χ3n) is 5.06. The van der Waals surface area contributed by atoms with E-state index in [1.54, 1.807) is 6.20 Å². The zero-order valence-corrected chi connectivity index (χ0v) is 15.9. The molecule has 4 rings (SSSR count). The van der Waals surface area contributed by atoms with E-state index in [1.807, 2.05) is 47.5 Å². The van der Waals surface area contributed by atoms with E-state index in [2.05, 4.69) is 29.2 Å². The summed E-state index contributed by atoms with van der Waals surface area (Å²) in [6, 6.07) is 20.1. The predicted octanol–water partition coefficient (Wildman–Crippen LogP) is 4.29. The van der Waals surface area contributed by atoms with Crippen molar-refractivity contribution in [3.05, 3.63) is 95.3 Å². The summed E-state index contributed by atoms with van der Waals surface area (Å²) in [6.45, 7) is 1.97. The minimum atomic E-state index is 0.0617. The van der Waals surface area contributed by atoms with Crippen LogP contribution in [0.5, 0.6) is 5.75 Å². The van der Waals surface area contributed by atoms with Gasteiger partial charge in [-0.1, -0.05) is 36.4 Å². The van der Waals surface area contributed by atoms with Crippen LogP contribution in [0.4, 0.5) is 0 Å². The number of hydrogen-bond donors (Lipinski definition) is 0. The van der Waals surface area contributed by atoms with Gasteiger partial charge in [-0.15, -0.1) is 0 Å². The number of hydrogen-bond acceptors (Lipinski definition) is 3. The molecule has 28 heavy (non-hydrogen) atoms. The Labute approximate surface area is 165 Å². The number of rotatable bonds is 7. The fourth-order valence-corrected chi connectivity index (χ4v) is 3.59. The van der Waals surface area contributed by atoms with Gasteiger partial charge in [0.15, 0.2) is 0 Å². The first-order valence-corrected chi connectivity index (χ1v) is 9.77. The first-order valence-electron chi connectivity index (χ1n) is 9.77. The summed E-state index contributed by atoms with van der Waals surface area (Å²) in [6.07, 6.45) is 6.33. The molecule has 142 valence electrons. The Balaban J connectivity index is 1.49. The summed E-state index contributed by atoms with van der Waals surface area (Å²) in [7, 11) is 0. The fraction of sp³-hybridized carbons (Fsp3) is 0.250. The topological polar surface area (TPSA) is 42.4 Å². The fourth-order valence-electron chi connectivity index (χ4n) is 3.59. The quantitative estimate of drug-likeness (QED) is 0.621. The molecule has 0 N–H and O–H groups in total. The molecule has 3 aromatic rings. The highest BCUT2D eigenvalue weighted by molar-refractivity contribution is 5.94. The number of fused-ring (bicyclic) bond motifs is 1. The molecule has 1 aliphatic rings. The molecule has 1 amide bonds. The SMILES string of the molecule is O=C(c1ccc2c(c1)CCO2)N(CCCc1ccccc1)Cc1cccnc1. The molecule has 2 heterocycles. The van der Waals surface area contributed by atoms with Gasteiger partial charge in [-0.25, -0.2) is 0 Å². The third-order valence-corrected chi connectivity index (χ3v) is 5.06. The molecule has 4 nitrogen and oxygen atoms in total. The van der Waals surface area contributed by atoms with Crippen molar-refractivity contribution in [1.82, 2.24) is 9.88 Å². The van der Waals surface area contributed by atoms with E-state index in [9.17, 15) is 4.79 Å². The Kier molecular flexibility index (Phi) is 5.66. The summed E-state index contributed by atoms with van der Waals surface area (Å²) in [5.41, 5.74) is 4.19. The zero-order valence-electron chi connectivity index (χ0n) is 15.9. The lowest BCUT2D eigenvalue weighted by Crippen LogP contribution is -2.32. The molecule has 0 radical (unpaired) electrons. The van der Waals surface area contributed by atoms with Gasteiger partial charge in [0.1, 0.15) is 5.75 Å². The van der Waals surface area contributed by atoms with E-state index in [-0.39, 0.29) is 5.91 Å². The van der Waals surface area contributed by atoms with E-state index in [0.717, 1.165) is 41.7 Å². The van der Waals surface area contributed by atoms with Crippen LogP contribution in [-0.4, -0.2) is 28.9 Å². The van der Waals surface area contributed by atoms with Crippen LogP contribution in [0, 0.1) is 0 Å². The zero-order chi connectivity index (χ0) is 19.2. The van der Waals surface area contributed by atoms with E-state index in [0.29, 0.717) is 19.7 Å². The van der Waals surface area contributed by atoms with Gasteiger partial charge in [0.2, 0.25) is 0 Å². The number of benzene rings is 2. The van der Waals surface area contributed by atoms with Gasteiger partial charge in [-0.05, 0) is 53.8 Å². The first kappa shape index (κ1) is 18.2. The number of amides is 1. The first-order chi connectivity index (χ1) is 13.8.